The Kier molecular flexibility index (Phi) is 5.77. The molecule has 0 aliphatic rings. The van der Waals surface area contributed by atoms with E-state index in [9.17, 15) is 4.79 Å². The van der Waals surface area contributed by atoms with Gasteiger partial charge in [-0.3, -0.25) is 0 Å². The molecule has 5 nitrogen and oxygen atoms in total. The van der Waals surface area contributed by atoms with Gasteiger partial charge in [-0.1, -0.05) is 13.8 Å². The number of hydrogen-bond donors (Lipinski definition) is 1. The highest BCUT2D eigenvalue weighted by atomic mass is 16.5. The lowest BCUT2D eigenvalue weighted by Crippen LogP contribution is -2.17. The lowest BCUT2D eigenvalue weighted by molar-refractivity contribution is 0.0528. The number of carbonyl (C=O) groups is 1. The largest absolute Gasteiger partial charge is 0.462 e. The molecule has 0 spiro atoms. The van der Waals surface area contributed by atoms with Crippen LogP contribution in [0.2, 0.25) is 0 Å². The molecule has 2 unspecified atom stereocenters. The number of carbonyl (C=O) groups excluding carboxylic acids is 1. The molecule has 5 heteroatoms. The van der Waals surface area contributed by atoms with Gasteiger partial charge in [-0.15, -0.1) is 0 Å². The fourth-order valence-electron chi connectivity index (χ4n) is 3.12. The lowest BCUT2D eigenvalue weighted by Gasteiger charge is -2.20. The zero-order valence-electron chi connectivity index (χ0n) is 14.7. The van der Waals surface area contributed by atoms with Crippen LogP contribution in [-0.2, 0) is 4.74 Å². The molecule has 126 valence electrons. The Morgan fingerprint density at radius 1 is 1.43 bits per heavy atom. The van der Waals surface area contributed by atoms with Crippen LogP contribution in [0.15, 0.2) is 18.3 Å². The first-order chi connectivity index (χ1) is 11.0. The third kappa shape index (κ3) is 3.39. The van der Waals surface area contributed by atoms with Crippen molar-refractivity contribution >= 4 is 11.5 Å². The van der Waals surface area contributed by atoms with Crippen LogP contribution in [0.4, 0.5) is 0 Å². The summed E-state index contributed by atoms with van der Waals surface area (Å²) in [5.74, 6) is 0.516. The van der Waals surface area contributed by atoms with Crippen LogP contribution in [0.5, 0.6) is 0 Å². The second-order valence-corrected chi connectivity index (χ2v) is 6.08. The normalized spacial score (nSPS) is 14.0. The number of nitrogens with one attached hydrogen (secondary N) is 1. The second kappa shape index (κ2) is 7.59. The summed E-state index contributed by atoms with van der Waals surface area (Å²) in [5, 5.41) is 7.68. The fourth-order valence-corrected chi connectivity index (χ4v) is 3.12. The van der Waals surface area contributed by atoms with Crippen molar-refractivity contribution in [2.75, 3.05) is 20.2 Å². The highest BCUT2D eigenvalue weighted by Crippen LogP contribution is 2.33. The number of ether oxygens (including phenoxy) is 1. The van der Waals surface area contributed by atoms with Crippen LogP contribution in [0.1, 0.15) is 54.7 Å². The minimum Gasteiger partial charge on any atom is -0.462 e. The standard InChI is InChI=1S/C18H27N3O2/c1-6-23-18(22)16-14(4)17(13(3)12(2)9-11-19-5)21-15(16)8-7-10-20-21/h7-8,10,12-13,19H,6,9,11H2,1-5H3. The van der Waals surface area contributed by atoms with Gasteiger partial charge >= 0.3 is 5.97 Å². The maximum absolute atomic E-state index is 12.4. The van der Waals surface area contributed by atoms with Gasteiger partial charge in [0, 0.05) is 17.8 Å². The summed E-state index contributed by atoms with van der Waals surface area (Å²) < 4.78 is 7.15. The van der Waals surface area contributed by atoms with Crippen LogP contribution in [-0.4, -0.2) is 35.8 Å². The molecule has 0 saturated heterocycles. The van der Waals surface area contributed by atoms with Crippen LogP contribution >= 0.6 is 0 Å². The Morgan fingerprint density at radius 2 is 2.17 bits per heavy atom. The predicted molar refractivity (Wildman–Crippen MR) is 92.0 cm³/mol. The van der Waals surface area contributed by atoms with E-state index >= 15 is 0 Å². The minimum atomic E-state index is -0.267. The van der Waals surface area contributed by atoms with E-state index in [2.05, 4.69) is 24.3 Å². The Morgan fingerprint density at radius 3 is 2.83 bits per heavy atom. The predicted octanol–water partition coefficient (Wildman–Crippen LogP) is 3.17. The monoisotopic (exact) mass is 317 g/mol. The summed E-state index contributed by atoms with van der Waals surface area (Å²) in [4.78, 5) is 12.4. The van der Waals surface area contributed by atoms with E-state index in [0.717, 1.165) is 29.7 Å². The van der Waals surface area contributed by atoms with E-state index in [1.165, 1.54) is 0 Å². The molecule has 2 aromatic heterocycles. The van der Waals surface area contributed by atoms with Crippen LogP contribution in [0.25, 0.3) is 5.52 Å². The quantitative estimate of drug-likeness (QED) is 0.797. The first kappa shape index (κ1) is 17.5. The molecule has 2 rings (SSSR count). The smallest absolute Gasteiger partial charge is 0.340 e. The van der Waals surface area contributed by atoms with Crippen molar-refractivity contribution in [1.82, 2.24) is 14.9 Å². The van der Waals surface area contributed by atoms with Crippen molar-refractivity contribution in [3.63, 3.8) is 0 Å². The molecule has 2 atom stereocenters. The fraction of sp³-hybridized carbons (Fsp3) is 0.556. The Labute approximate surface area is 138 Å². The van der Waals surface area contributed by atoms with E-state index in [0.29, 0.717) is 24.0 Å². The highest BCUT2D eigenvalue weighted by Gasteiger charge is 2.27. The van der Waals surface area contributed by atoms with Crippen molar-refractivity contribution in [3.8, 4) is 0 Å². The van der Waals surface area contributed by atoms with Gasteiger partial charge in [-0.25, -0.2) is 9.31 Å². The SMILES string of the molecule is CCOC(=O)c1c(C)c(C(C)C(C)CCNC)n2ncccc12. The molecular formula is C18H27N3O2. The van der Waals surface area contributed by atoms with Crippen molar-refractivity contribution in [2.24, 2.45) is 5.92 Å². The van der Waals surface area contributed by atoms with E-state index < -0.39 is 0 Å². The first-order valence-corrected chi connectivity index (χ1v) is 8.30. The van der Waals surface area contributed by atoms with Gasteiger partial charge in [0.25, 0.3) is 0 Å². The lowest BCUT2D eigenvalue weighted by atomic mass is 9.88. The molecule has 0 radical (unpaired) electrons. The molecule has 1 N–H and O–H groups in total. The number of fused-ring (bicyclic) bond motifs is 1. The third-order valence-electron chi connectivity index (χ3n) is 4.61. The number of hydrogen-bond acceptors (Lipinski definition) is 4. The van der Waals surface area contributed by atoms with Crippen LogP contribution < -0.4 is 5.32 Å². The van der Waals surface area contributed by atoms with E-state index in [4.69, 9.17) is 4.74 Å². The van der Waals surface area contributed by atoms with Gasteiger partial charge < -0.3 is 10.1 Å². The molecule has 2 heterocycles. The molecule has 0 fully saturated rings. The summed E-state index contributed by atoms with van der Waals surface area (Å²) in [7, 11) is 1.97. The first-order valence-electron chi connectivity index (χ1n) is 8.30. The maximum atomic E-state index is 12.4. The molecule has 23 heavy (non-hydrogen) atoms. The molecule has 2 aromatic rings. The average molecular weight is 317 g/mol. The highest BCUT2D eigenvalue weighted by molar-refractivity contribution is 5.99. The molecule has 0 amide bonds. The minimum absolute atomic E-state index is 0.267. The Balaban J connectivity index is 2.51. The third-order valence-corrected chi connectivity index (χ3v) is 4.61. The second-order valence-electron chi connectivity index (χ2n) is 6.08. The zero-order valence-corrected chi connectivity index (χ0v) is 14.7. The van der Waals surface area contributed by atoms with Gasteiger partial charge in [0.05, 0.1) is 17.7 Å². The summed E-state index contributed by atoms with van der Waals surface area (Å²) in [6, 6.07) is 3.79. The van der Waals surface area contributed by atoms with Crippen molar-refractivity contribution in [3.05, 3.63) is 35.2 Å². The summed E-state index contributed by atoms with van der Waals surface area (Å²) >= 11 is 0. The number of esters is 1. The number of nitrogens with zero attached hydrogens (tertiary/aromatic N) is 2. The van der Waals surface area contributed by atoms with Crippen molar-refractivity contribution in [1.29, 1.82) is 0 Å². The maximum Gasteiger partial charge on any atom is 0.340 e. The molecule has 0 aliphatic carbocycles. The van der Waals surface area contributed by atoms with E-state index in [1.807, 2.05) is 37.5 Å². The van der Waals surface area contributed by atoms with E-state index in [1.54, 1.807) is 6.20 Å². The average Bonchev–Trinajstić information content (AvgIpc) is 2.84. The van der Waals surface area contributed by atoms with Crippen LogP contribution in [0.3, 0.4) is 0 Å². The molecule has 0 bridgehead atoms. The summed E-state index contributed by atoms with van der Waals surface area (Å²) in [5.41, 5.74) is 3.55. The van der Waals surface area contributed by atoms with Gasteiger partial charge in [-0.05, 0) is 57.5 Å². The topological polar surface area (TPSA) is 55.6 Å². The Hall–Kier alpha value is -1.88. The molecule has 0 saturated carbocycles. The van der Waals surface area contributed by atoms with Crippen molar-refractivity contribution in [2.45, 2.75) is 40.0 Å². The van der Waals surface area contributed by atoms with E-state index in [-0.39, 0.29) is 5.97 Å². The van der Waals surface area contributed by atoms with Gasteiger partial charge in [0.2, 0.25) is 0 Å². The van der Waals surface area contributed by atoms with Gasteiger partial charge in [-0.2, -0.15) is 5.10 Å². The molecular weight excluding hydrogens is 290 g/mol. The van der Waals surface area contributed by atoms with Gasteiger partial charge in [0.1, 0.15) is 0 Å². The van der Waals surface area contributed by atoms with Crippen LogP contribution in [0, 0.1) is 12.8 Å². The summed E-state index contributed by atoms with van der Waals surface area (Å²) in [6.07, 6.45) is 2.84. The zero-order chi connectivity index (χ0) is 17.0. The van der Waals surface area contributed by atoms with Crippen molar-refractivity contribution < 1.29 is 9.53 Å². The number of aromatic nitrogens is 2. The number of rotatable bonds is 7. The van der Waals surface area contributed by atoms with Gasteiger partial charge in [0.15, 0.2) is 0 Å². The molecule has 0 aromatic carbocycles. The Bertz CT molecular complexity index is 678. The molecule has 0 aliphatic heterocycles. The summed E-state index contributed by atoms with van der Waals surface area (Å²) in [6.45, 7) is 9.63.